The van der Waals surface area contributed by atoms with Crippen LogP contribution in [0.15, 0.2) is 23.0 Å². The lowest BCUT2D eigenvalue weighted by Crippen LogP contribution is -2.41. The van der Waals surface area contributed by atoms with E-state index in [9.17, 15) is 14.4 Å². The second-order valence-corrected chi connectivity index (χ2v) is 6.47. The van der Waals surface area contributed by atoms with E-state index < -0.39 is 17.4 Å². The molecule has 0 aliphatic heterocycles. The summed E-state index contributed by atoms with van der Waals surface area (Å²) in [6.45, 7) is 5.69. The van der Waals surface area contributed by atoms with Crippen LogP contribution < -0.4 is 25.9 Å². The Bertz CT molecular complexity index is 1050. The molecule has 0 radical (unpaired) electrons. The number of hydrogen-bond donors (Lipinski definition) is 3. The summed E-state index contributed by atoms with van der Waals surface area (Å²) in [7, 11) is 1.47. The summed E-state index contributed by atoms with van der Waals surface area (Å²) in [6.07, 6.45) is 0.368. The molecular formula is C21H24N4O5. The lowest BCUT2D eigenvalue weighted by Gasteiger charge is -2.12. The lowest BCUT2D eigenvalue weighted by atomic mass is 9.99. The summed E-state index contributed by atoms with van der Waals surface area (Å²) in [5.74, 6) is 0.00902. The van der Waals surface area contributed by atoms with E-state index in [1.165, 1.54) is 13.2 Å². The van der Waals surface area contributed by atoms with Crippen molar-refractivity contribution in [3.8, 4) is 17.6 Å². The van der Waals surface area contributed by atoms with Crippen molar-refractivity contribution in [2.45, 2.75) is 33.6 Å². The Hall–Kier alpha value is -3.80. The number of amides is 2. The minimum absolute atomic E-state index is 0.0359. The summed E-state index contributed by atoms with van der Waals surface area (Å²) in [6, 6.07) is 6.57. The van der Waals surface area contributed by atoms with Crippen LogP contribution in [0.25, 0.3) is 0 Å². The van der Waals surface area contributed by atoms with Crippen LogP contribution in [0, 0.1) is 25.2 Å². The molecule has 30 heavy (non-hydrogen) atoms. The third-order valence-electron chi connectivity index (χ3n) is 4.56. The smallest absolute Gasteiger partial charge is 0.269 e. The standard InChI is InChI=1S/C21H24N4O5/c1-5-30-17-8-6-14(10-18(17)29-4)20(27)25-24-19(26)9-7-15-12(2)16(11-22)21(28)23-13(15)3/h6,8,10H,5,7,9H2,1-4H3,(H,23,28)(H,24,26)(H,25,27). The van der Waals surface area contributed by atoms with Crippen molar-refractivity contribution in [2.75, 3.05) is 13.7 Å². The highest BCUT2D eigenvalue weighted by Gasteiger charge is 2.15. The first-order chi connectivity index (χ1) is 14.3. The maximum atomic E-state index is 12.3. The number of carbonyl (C=O) groups is 2. The maximum Gasteiger partial charge on any atom is 0.269 e. The highest BCUT2D eigenvalue weighted by atomic mass is 16.5. The Morgan fingerprint density at radius 2 is 1.93 bits per heavy atom. The van der Waals surface area contributed by atoms with Crippen LogP contribution in [-0.4, -0.2) is 30.5 Å². The molecule has 3 N–H and O–H groups in total. The van der Waals surface area contributed by atoms with Crippen molar-refractivity contribution in [2.24, 2.45) is 0 Å². The number of pyridine rings is 1. The summed E-state index contributed by atoms with van der Waals surface area (Å²) >= 11 is 0. The number of H-pyrrole nitrogens is 1. The van der Waals surface area contributed by atoms with Crippen LogP contribution in [0.4, 0.5) is 0 Å². The molecule has 9 heteroatoms. The number of carbonyl (C=O) groups excluding carboxylic acids is 2. The highest BCUT2D eigenvalue weighted by molar-refractivity contribution is 5.96. The van der Waals surface area contributed by atoms with Gasteiger partial charge in [-0.1, -0.05) is 0 Å². The molecule has 158 valence electrons. The van der Waals surface area contributed by atoms with Crippen LogP contribution in [0.2, 0.25) is 0 Å². The van der Waals surface area contributed by atoms with Crippen molar-refractivity contribution in [1.82, 2.24) is 15.8 Å². The Labute approximate surface area is 174 Å². The van der Waals surface area contributed by atoms with Crippen LogP contribution >= 0.6 is 0 Å². The zero-order valence-corrected chi connectivity index (χ0v) is 17.3. The van der Waals surface area contributed by atoms with Crippen molar-refractivity contribution < 1.29 is 19.1 Å². The average Bonchev–Trinajstić information content (AvgIpc) is 2.72. The Kier molecular flexibility index (Phi) is 7.58. The fourth-order valence-electron chi connectivity index (χ4n) is 3.00. The molecule has 0 bridgehead atoms. The SMILES string of the molecule is CCOc1ccc(C(=O)NNC(=O)CCc2c(C)[nH]c(=O)c(C#N)c2C)cc1OC. The van der Waals surface area contributed by atoms with Gasteiger partial charge in [-0.25, -0.2) is 0 Å². The molecule has 0 aliphatic carbocycles. The second kappa shape index (κ2) is 10.1. The molecule has 2 amide bonds. The van der Waals surface area contributed by atoms with E-state index in [4.69, 9.17) is 14.7 Å². The number of hydrazine groups is 1. The topological polar surface area (TPSA) is 133 Å². The Morgan fingerprint density at radius 1 is 1.20 bits per heavy atom. The number of hydrogen-bond acceptors (Lipinski definition) is 6. The van der Waals surface area contributed by atoms with Gasteiger partial charge < -0.3 is 14.5 Å². The van der Waals surface area contributed by atoms with Gasteiger partial charge in [0.1, 0.15) is 11.6 Å². The maximum absolute atomic E-state index is 12.3. The van der Waals surface area contributed by atoms with Crippen LogP contribution in [0.1, 0.15) is 46.1 Å². The zero-order valence-electron chi connectivity index (χ0n) is 17.3. The molecule has 0 saturated heterocycles. The average molecular weight is 412 g/mol. The van der Waals surface area contributed by atoms with E-state index in [0.29, 0.717) is 41.3 Å². The second-order valence-electron chi connectivity index (χ2n) is 6.47. The monoisotopic (exact) mass is 412 g/mol. The van der Waals surface area contributed by atoms with E-state index in [-0.39, 0.29) is 12.0 Å². The minimum Gasteiger partial charge on any atom is -0.493 e. The van der Waals surface area contributed by atoms with Crippen molar-refractivity contribution in [3.63, 3.8) is 0 Å². The highest BCUT2D eigenvalue weighted by Crippen LogP contribution is 2.27. The van der Waals surface area contributed by atoms with E-state index in [1.54, 1.807) is 26.0 Å². The molecule has 0 saturated carbocycles. The summed E-state index contributed by atoms with van der Waals surface area (Å²) in [5.41, 5.74) is 6.48. The number of aromatic amines is 1. The van der Waals surface area contributed by atoms with Gasteiger partial charge in [-0.2, -0.15) is 5.26 Å². The molecule has 2 rings (SSSR count). The number of aromatic nitrogens is 1. The Balaban J connectivity index is 1.98. The molecule has 0 atom stereocenters. The van der Waals surface area contributed by atoms with Gasteiger partial charge in [0.25, 0.3) is 11.5 Å². The van der Waals surface area contributed by atoms with Gasteiger partial charge in [0.05, 0.1) is 13.7 Å². The molecule has 1 aromatic carbocycles. The number of aryl methyl sites for hydroxylation is 1. The number of benzene rings is 1. The third kappa shape index (κ3) is 5.17. The number of methoxy groups -OCH3 is 1. The first-order valence-electron chi connectivity index (χ1n) is 9.34. The largest absolute Gasteiger partial charge is 0.493 e. The molecule has 1 heterocycles. The lowest BCUT2D eigenvalue weighted by molar-refractivity contribution is -0.121. The third-order valence-corrected chi connectivity index (χ3v) is 4.56. The van der Waals surface area contributed by atoms with Crippen LogP contribution in [0.3, 0.4) is 0 Å². The van der Waals surface area contributed by atoms with Gasteiger partial charge in [-0.15, -0.1) is 0 Å². The number of ether oxygens (including phenoxy) is 2. The zero-order chi connectivity index (χ0) is 22.3. The molecule has 0 fully saturated rings. The normalized spacial score (nSPS) is 10.1. The molecule has 0 aliphatic rings. The molecule has 0 unspecified atom stereocenters. The number of nitriles is 1. The van der Waals surface area contributed by atoms with E-state index in [2.05, 4.69) is 15.8 Å². The van der Waals surface area contributed by atoms with Crippen LogP contribution in [0.5, 0.6) is 11.5 Å². The van der Waals surface area contributed by atoms with Gasteiger partial charge in [0.2, 0.25) is 5.91 Å². The van der Waals surface area contributed by atoms with Gasteiger partial charge in [0.15, 0.2) is 11.5 Å². The molecule has 9 nitrogen and oxygen atoms in total. The van der Waals surface area contributed by atoms with E-state index >= 15 is 0 Å². The molecule has 1 aromatic heterocycles. The fourth-order valence-corrected chi connectivity index (χ4v) is 3.00. The van der Waals surface area contributed by atoms with Gasteiger partial charge >= 0.3 is 0 Å². The quantitative estimate of drug-likeness (QED) is 0.593. The van der Waals surface area contributed by atoms with Crippen LogP contribution in [-0.2, 0) is 11.2 Å². The molecule has 0 spiro atoms. The first-order valence-corrected chi connectivity index (χ1v) is 9.34. The summed E-state index contributed by atoms with van der Waals surface area (Å²) in [4.78, 5) is 38.8. The Morgan fingerprint density at radius 3 is 2.57 bits per heavy atom. The van der Waals surface area contributed by atoms with Crippen molar-refractivity contribution in [1.29, 1.82) is 5.26 Å². The van der Waals surface area contributed by atoms with Crippen molar-refractivity contribution in [3.05, 3.63) is 56.5 Å². The predicted molar refractivity (Wildman–Crippen MR) is 109 cm³/mol. The first kappa shape index (κ1) is 22.5. The number of nitrogens with one attached hydrogen (secondary N) is 3. The number of nitrogens with zero attached hydrogens (tertiary/aromatic N) is 1. The molecule has 2 aromatic rings. The minimum atomic E-state index is -0.507. The predicted octanol–water partition coefficient (Wildman–Crippen LogP) is 1.66. The van der Waals surface area contributed by atoms with Crippen molar-refractivity contribution >= 4 is 11.8 Å². The summed E-state index contributed by atoms with van der Waals surface area (Å²) in [5, 5.41) is 9.12. The summed E-state index contributed by atoms with van der Waals surface area (Å²) < 4.78 is 10.6. The van der Waals surface area contributed by atoms with Gasteiger partial charge in [-0.05, 0) is 56.5 Å². The van der Waals surface area contributed by atoms with E-state index in [1.807, 2.05) is 13.0 Å². The molecular weight excluding hydrogens is 388 g/mol. The van der Waals surface area contributed by atoms with E-state index in [0.717, 1.165) is 5.56 Å². The number of rotatable bonds is 7. The fraction of sp³-hybridized carbons (Fsp3) is 0.333. The van der Waals surface area contributed by atoms with Gasteiger partial charge in [-0.3, -0.25) is 25.2 Å². The van der Waals surface area contributed by atoms with Gasteiger partial charge in [0, 0.05) is 17.7 Å².